The fourth-order valence-corrected chi connectivity index (χ4v) is 5.74. The summed E-state index contributed by atoms with van der Waals surface area (Å²) in [7, 11) is 3.96. The van der Waals surface area contributed by atoms with E-state index < -0.39 is 6.10 Å². The Morgan fingerprint density at radius 3 is 2.41 bits per heavy atom. The molecule has 7 nitrogen and oxygen atoms in total. The molecule has 2 aliphatic rings. The number of piperazine rings is 1. The maximum absolute atomic E-state index is 13.5. The summed E-state index contributed by atoms with van der Waals surface area (Å²) in [6.07, 6.45) is 0.857. The monoisotopic (exact) mass is 554 g/mol. The fraction of sp³-hybridized carbons (Fsp3) is 0.548. The van der Waals surface area contributed by atoms with Gasteiger partial charge >= 0.3 is 0 Å². The minimum absolute atomic E-state index is 0.0550. The highest BCUT2D eigenvalue weighted by Crippen LogP contribution is 2.35. The van der Waals surface area contributed by atoms with E-state index in [4.69, 9.17) is 16.3 Å². The highest BCUT2D eigenvalue weighted by molar-refractivity contribution is 6.30. The number of rotatable bonds is 9. The van der Waals surface area contributed by atoms with Crippen molar-refractivity contribution in [1.82, 2.24) is 15.1 Å². The Labute approximate surface area is 238 Å². The number of nitrogens with one attached hydrogen (secondary N) is 1. The molecule has 0 spiro atoms. The molecule has 2 aromatic carbocycles. The van der Waals surface area contributed by atoms with Crippen LogP contribution in [0.25, 0.3) is 0 Å². The lowest BCUT2D eigenvalue weighted by atomic mass is 9.91. The van der Waals surface area contributed by atoms with E-state index in [2.05, 4.69) is 49.2 Å². The first-order chi connectivity index (χ1) is 18.6. The summed E-state index contributed by atoms with van der Waals surface area (Å²) in [5, 5.41) is 4.00. The normalized spacial score (nSPS) is 20.5. The van der Waals surface area contributed by atoms with Crippen molar-refractivity contribution in [3.8, 4) is 0 Å². The molecule has 2 saturated heterocycles. The lowest BCUT2D eigenvalue weighted by Crippen LogP contribution is -2.52. The Morgan fingerprint density at radius 2 is 1.77 bits per heavy atom. The first kappa shape index (κ1) is 29.4. The van der Waals surface area contributed by atoms with Gasteiger partial charge in [0.2, 0.25) is 5.91 Å². The van der Waals surface area contributed by atoms with Crippen LogP contribution in [0.2, 0.25) is 5.02 Å². The highest BCUT2D eigenvalue weighted by Gasteiger charge is 2.38. The number of amides is 2. The van der Waals surface area contributed by atoms with Gasteiger partial charge in [0.1, 0.15) is 6.10 Å². The van der Waals surface area contributed by atoms with Crippen LogP contribution in [0.5, 0.6) is 0 Å². The van der Waals surface area contributed by atoms with Crippen LogP contribution in [0.4, 0.5) is 5.69 Å². The van der Waals surface area contributed by atoms with Crippen molar-refractivity contribution >= 4 is 29.1 Å². The molecule has 8 heteroatoms. The van der Waals surface area contributed by atoms with Gasteiger partial charge in [0.25, 0.3) is 5.91 Å². The molecule has 2 aliphatic heterocycles. The number of halogens is 1. The summed E-state index contributed by atoms with van der Waals surface area (Å²) >= 11 is 6.08. The number of hydrogen-bond acceptors (Lipinski definition) is 5. The van der Waals surface area contributed by atoms with Gasteiger partial charge in [0.05, 0.1) is 6.04 Å². The summed E-state index contributed by atoms with van der Waals surface area (Å²) in [6.45, 7) is 10.5. The molecule has 2 aromatic rings. The van der Waals surface area contributed by atoms with Crippen LogP contribution in [0, 0.1) is 12.8 Å². The van der Waals surface area contributed by atoms with Gasteiger partial charge in [-0.15, -0.1) is 0 Å². The van der Waals surface area contributed by atoms with Crippen LogP contribution in [-0.4, -0.2) is 81.1 Å². The number of carbonyl (C=O) groups excluding carboxylic acids is 2. The van der Waals surface area contributed by atoms with E-state index in [-0.39, 0.29) is 29.7 Å². The largest absolute Gasteiger partial charge is 0.368 e. The third-order valence-corrected chi connectivity index (χ3v) is 8.10. The zero-order valence-electron chi connectivity index (χ0n) is 24.0. The molecule has 2 heterocycles. The van der Waals surface area contributed by atoms with Gasteiger partial charge in [-0.05, 0) is 62.7 Å². The Morgan fingerprint density at radius 1 is 1.08 bits per heavy atom. The van der Waals surface area contributed by atoms with Crippen LogP contribution in [0.15, 0.2) is 42.5 Å². The van der Waals surface area contributed by atoms with Crippen LogP contribution < -0.4 is 10.2 Å². The molecule has 4 rings (SSSR count). The van der Waals surface area contributed by atoms with Gasteiger partial charge in [-0.1, -0.05) is 55.3 Å². The molecular weight excluding hydrogens is 512 g/mol. The summed E-state index contributed by atoms with van der Waals surface area (Å²) in [5.74, 6) is 0.432. The Kier molecular flexibility index (Phi) is 9.91. The minimum Gasteiger partial charge on any atom is -0.368 e. The predicted octanol–water partition coefficient (Wildman–Crippen LogP) is 4.63. The van der Waals surface area contributed by atoms with Crippen LogP contribution >= 0.6 is 11.6 Å². The zero-order valence-corrected chi connectivity index (χ0v) is 24.7. The van der Waals surface area contributed by atoms with Gasteiger partial charge in [-0.25, -0.2) is 0 Å². The number of benzene rings is 2. The van der Waals surface area contributed by atoms with E-state index in [1.54, 1.807) is 0 Å². The average Bonchev–Trinajstić information content (AvgIpc) is 3.40. The van der Waals surface area contributed by atoms with Gasteiger partial charge in [-0.2, -0.15) is 0 Å². The molecule has 212 valence electrons. The molecule has 0 bridgehead atoms. The van der Waals surface area contributed by atoms with Crippen molar-refractivity contribution in [3.05, 3.63) is 64.2 Å². The van der Waals surface area contributed by atoms with E-state index in [1.165, 1.54) is 5.56 Å². The van der Waals surface area contributed by atoms with Crippen LogP contribution in [-0.2, 0) is 14.3 Å². The quantitative estimate of drug-likeness (QED) is 0.489. The van der Waals surface area contributed by atoms with Crippen molar-refractivity contribution in [1.29, 1.82) is 0 Å². The zero-order chi connectivity index (χ0) is 28.1. The highest BCUT2D eigenvalue weighted by atomic mass is 35.5. The minimum atomic E-state index is -0.449. The molecule has 0 aromatic heterocycles. The lowest BCUT2D eigenvalue weighted by molar-refractivity contribution is -0.141. The summed E-state index contributed by atoms with van der Waals surface area (Å²) < 4.78 is 5.96. The third kappa shape index (κ3) is 7.33. The smallest absolute Gasteiger partial charge is 0.252 e. The van der Waals surface area contributed by atoms with Crippen molar-refractivity contribution in [2.45, 2.75) is 51.7 Å². The average molecular weight is 555 g/mol. The van der Waals surface area contributed by atoms with E-state index >= 15 is 0 Å². The van der Waals surface area contributed by atoms with E-state index in [9.17, 15) is 9.59 Å². The van der Waals surface area contributed by atoms with Crippen molar-refractivity contribution < 1.29 is 14.3 Å². The predicted molar refractivity (Wildman–Crippen MR) is 157 cm³/mol. The SMILES string of the molecule is Cc1ccc(N2CCN(C(=O)[C@H]3OCC[C@@H]3c3ccc(Cl)cc3)CC2)c([C@@H](NC(=O)CCN(C)C)C(C)C)c1. The first-order valence-electron chi connectivity index (χ1n) is 14.1. The number of hydrogen-bond donors (Lipinski definition) is 1. The molecule has 0 radical (unpaired) electrons. The van der Waals surface area contributed by atoms with Gasteiger partial charge in [-0.3, -0.25) is 9.59 Å². The van der Waals surface area contributed by atoms with Gasteiger partial charge in [0, 0.05) is 62.4 Å². The number of aryl methyl sites for hydroxylation is 1. The van der Waals surface area contributed by atoms with Crippen molar-refractivity contribution in [2.24, 2.45) is 5.92 Å². The first-order valence-corrected chi connectivity index (χ1v) is 14.5. The number of nitrogens with zero attached hydrogens (tertiary/aromatic N) is 3. The molecule has 1 N–H and O–H groups in total. The van der Waals surface area contributed by atoms with Gasteiger partial charge in [0.15, 0.2) is 0 Å². The van der Waals surface area contributed by atoms with Crippen LogP contribution in [0.3, 0.4) is 0 Å². The topological polar surface area (TPSA) is 65.1 Å². The number of anilines is 1. The van der Waals surface area contributed by atoms with E-state index in [0.29, 0.717) is 31.1 Å². The van der Waals surface area contributed by atoms with E-state index in [0.717, 1.165) is 42.9 Å². The van der Waals surface area contributed by atoms with Crippen LogP contribution in [0.1, 0.15) is 55.3 Å². The summed E-state index contributed by atoms with van der Waals surface area (Å²) in [4.78, 5) is 32.7. The maximum Gasteiger partial charge on any atom is 0.252 e. The summed E-state index contributed by atoms with van der Waals surface area (Å²) in [5.41, 5.74) is 4.55. The molecule has 39 heavy (non-hydrogen) atoms. The fourth-order valence-electron chi connectivity index (χ4n) is 5.62. The molecule has 3 atom stereocenters. The molecular formula is C31H43ClN4O3. The number of ether oxygens (including phenoxy) is 1. The Balaban J connectivity index is 1.45. The Hall–Kier alpha value is -2.61. The van der Waals surface area contributed by atoms with Crippen molar-refractivity contribution in [3.63, 3.8) is 0 Å². The third-order valence-electron chi connectivity index (χ3n) is 7.85. The maximum atomic E-state index is 13.5. The Bertz CT molecular complexity index is 1130. The molecule has 2 fully saturated rings. The molecule has 0 unspecified atom stereocenters. The second kappa shape index (κ2) is 13.2. The second-order valence-electron chi connectivity index (χ2n) is 11.5. The molecule has 0 aliphatic carbocycles. The standard InChI is InChI=1S/C31H43ClN4O3/c1-21(2)29(33-28(37)12-14-34(4)5)26-20-22(3)6-11-27(26)35-15-17-36(18-16-35)31(38)30-25(13-19-39-30)23-7-9-24(32)10-8-23/h6-11,20-21,25,29-30H,12-19H2,1-5H3,(H,33,37)/t25-,29+,30+/m1/s1. The van der Waals surface area contributed by atoms with Gasteiger partial charge < -0.3 is 24.8 Å². The number of carbonyl (C=O) groups is 2. The lowest BCUT2D eigenvalue weighted by Gasteiger charge is -2.39. The van der Waals surface area contributed by atoms with E-state index in [1.807, 2.05) is 48.2 Å². The summed E-state index contributed by atoms with van der Waals surface area (Å²) in [6, 6.07) is 14.2. The molecule has 2 amide bonds. The molecule has 0 saturated carbocycles. The van der Waals surface area contributed by atoms with Crippen molar-refractivity contribution in [2.75, 3.05) is 58.3 Å². The second-order valence-corrected chi connectivity index (χ2v) is 11.9.